The van der Waals surface area contributed by atoms with E-state index >= 15 is 0 Å². The van der Waals surface area contributed by atoms with Crippen LogP contribution in [-0.4, -0.2) is 10.4 Å². The Morgan fingerprint density at radius 3 is 1.33 bits per heavy atom. The minimum atomic E-state index is -2.46. The molecule has 0 spiro atoms. The van der Waals surface area contributed by atoms with Crippen molar-refractivity contribution in [1.29, 1.82) is 0 Å². The van der Waals surface area contributed by atoms with Crippen LogP contribution in [0, 0.1) is 0 Å². The van der Waals surface area contributed by atoms with Gasteiger partial charge in [0.2, 0.25) is 0 Å². The van der Waals surface area contributed by atoms with Gasteiger partial charge in [-0.05, 0) is 0 Å². The van der Waals surface area contributed by atoms with E-state index in [1.807, 2.05) is 0 Å². The summed E-state index contributed by atoms with van der Waals surface area (Å²) < 4.78 is 0. The van der Waals surface area contributed by atoms with Crippen LogP contribution >= 0.6 is 20.8 Å². The molecular formula is C6H16AsClS. The second-order valence-electron chi connectivity index (χ2n) is 2.48. The van der Waals surface area contributed by atoms with Crippen molar-refractivity contribution in [3.8, 4) is 0 Å². The fourth-order valence-electron chi connectivity index (χ4n) is 0.671. The van der Waals surface area contributed by atoms with Gasteiger partial charge < -0.3 is 0 Å². The van der Waals surface area contributed by atoms with Gasteiger partial charge in [0.25, 0.3) is 0 Å². The summed E-state index contributed by atoms with van der Waals surface area (Å²) in [5, 5.41) is 3.28. The molecule has 0 unspecified atom stereocenters. The summed E-state index contributed by atoms with van der Waals surface area (Å²) in [5.41, 5.74) is 0. The zero-order valence-corrected chi connectivity index (χ0v) is 9.92. The average molecular weight is 231 g/mol. The molecule has 0 heterocycles. The molecule has 0 aliphatic heterocycles. The molecule has 0 N–H and O–H groups in total. The first-order valence-corrected chi connectivity index (χ1v) is 12.8. The van der Waals surface area contributed by atoms with Gasteiger partial charge in [-0.15, -0.1) is 0 Å². The predicted molar refractivity (Wildman–Crippen MR) is 52.0 cm³/mol. The fraction of sp³-hybridized carbons (Fsp3) is 1.00. The first-order chi connectivity index (χ1) is 3.96. The topological polar surface area (TPSA) is 0 Å². The molecule has 0 aromatic heterocycles. The van der Waals surface area contributed by atoms with E-state index in [9.17, 15) is 0 Å². The van der Waals surface area contributed by atoms with E-state index in [0.717, 1.165) is 15.6 Å². The molecular weight excluding hydrogens is 215 g/mol. The Balaban J connectivity index is 4.20. The Morgan fingerprint density at radius 1 is 1.11 bits per heavy atom. The summed E-state index contributed by atoms with van der Waals surface area (Å²) in [5.74, 6) is 0. The molecule has 0 bridgehead atoms. The van der Waals surface area contributed by atoms with E-state index in [0.29, 0.717) is 0 Å². The minimum absolute atomic E-state index is 1.09. The number of rotatable bonds is 3. The van der Waals surface area contributed by atoms with Crippen molar-refractivity contribution in [2.75, 3.05) is 0 Å². The number of hydrogen-bond donors (Lipinski definition) is 1. The van der Waals surface area contributed by atoms with Gasteiger partial charge in [-0.2, -0.15) is 0 Å². The van der Waals surface area contributed by atoms with Gasteiger partial charge in [-0.3, -0.25) is 0 Å². The van der Waals surface area contributed by atoms with E-state index in [1.165, 1.54) is 0 Å². The summed E-state index contributed by atoms with van der Waals surface area (Å²) >= 11 is 0. The monoisotopic (exact) mass is 230 g/mol. The molecule has 58 valence electrons. The van der Waals surface area contributed by atoms with Crippen molar-refractivity contribution in [3.63, 3.8) is 0 Å². The molecule has 9 heavy (non-hydrogen) atoms. The predicted octanol–water partition coefficient (Wildman–Crippen LogP) is 3.61. The van der Waals surface area contributed by atoms with Crippen molar-refractivity contribution >= 4 is 31.2 Å². The average Bonchev–Trinajstić information content (AvgIpc) is 1.90. The summed E-state index contributed by atoms with van der Waals surface area (Å²) in [6, 6.07) is 0. The molecule has 0 aromatic rings. The van der Waals surface area contributed by atoms with E-state index in [-0.39, 0.29) is 0 Å². The summed E-state index contributed by atoms with van der Waals surface area (Å²) in [7, 11) is 8.55. The molecule has 0 nitrogen and oxygen atoms in total. The van der Waals surface area contributed by atoms with Crippen molar-refractivity contribution in [1.82, 2.24) is 0 Å². The van der Waals surface area contributed by atoms with Crippen molar-refractivity contribution in [3.05, 3.63) is 0 Å². The van der Waals surface area contributed by atoms with Gasteiger partial charge in [0.05, 0.1) is 0 Å². The van der Waals surface area contributed by atoms with Gasteiger partial charge in [0, 0.05) is 0 Å². The number of hydrogen-bond acceptors (Lipinski definition) is 1. The first kappa shape index (κ1) is 10.2. The molecule has 0 atom stereocenters. The summed E-state index contributed by atoms with van der Waals surface area (Å²) in [6.45, 7) is 6.45. The van der Waals surface area contributed by atoms with E-state index in [2.05, 4.69) is 31.7 Å². The van der Waals surface area contributed by atoms with Gasteiger partial charge >= 0.3 is 67.6 Å². The standard InChI is InChI=1S/C6H16AsClS/c1-4-7(8,9,5-2)6-3/h9H,4-6H2,1-3H3. The molecule has 0 rings (SSSR count). The van der Waals surface area contributed by atoms with Crippen molar-refractivity contribution in [2.45, 2.75) is 36.4 Å². The Morgan fingerprint density at radius 2 is 1.33 bits per heavy atom. The Labute approximate surface area is 67.5 Å². The van der Waals surface area contributed by atoms with E-state index in [4.69, 9.17) is 9.95 Å². The Hall–Kier alpha value is 1.20. The summed E-state index contributed by atoms with van der Waals surface area (Å²) in [4.78, 5) is 0. The molecule has 0 radical (unpaired) electrons. The second-order valence-corrected chi connectivity index (χ2v) is 24.2. The third-order valence-electron chi connectivity index (χ3n) is 2.12. The molecule has 3 heteroatoms. The Kier molecular flexibility index (Phi) is 3.48. The first-order valence-electron chi connectivity index (χ1n) is 3.44. The summed E-state index contributed by atoms with van der Waals surface area (Å²) in [6.07, 6.45) is 0. The molecule has 0 saturated carbocycles. The number of halogens is 1. The quantitative estimate of drug-likeness (QED) is 0.556. The van der Waals surface area contributed by atoms with E-state index in [1.54, 1.807) is 0 Å². The molecule has 0 aliphatic carbocycles. The third-order valence-corrected chi connectivity index (χ3v) is 19.2. The number of thiol groups is 1. The van der Waals surface area contributed by atoms with Crippen LogP contribution in [0.15, 0.2) is 0 Å². The van der Waals surface area contributed by atoms with Crippen LogP contribution in [0.25, 0.3) is 0 Å². The van der Waals surface area contributed by atoms with Crippen LogP contribution in [0.1, 0.15) is 20.8 Å². The maximum atomic E-state index is 6.39. The zero-order chi connectivity index (χ0) is 7.57. The fourth-order valence-corrected chi connectivity index (χ4v) is 3.49. The normalized spacial score (nSPS) is 16.8. The van der Waals surface area contributed by atoms with Crippen molar-refractivity contribution in [2.24, 2.45) is 0 Å². The van der Waals surface area contributed by atoms with Crippen LogP contribution < -0.4 is 0 Å². The molecule has 0 aromatic carbocycles. The molecule has 0 aliphatic rings. The van der Waals surface area contributed by atoms with Gasteiger partial charge in [0.15, 0.2) is 0 Å². The van der Waals surface area contributed by atoms with Crippen LogP contribution in [0.4, 0.5) is 0 Å². The maximum absolute atomic E-state index is 6.39. The molecule has 0 amide bonds. The van der Waals surface area contributed by atoms with Gasteiger partial charge in [-0.25, -0.2) is 0 Å². The second kappa shape index (κ2) is 3.07. The zero-order valence-electron chi connectivity index (χ0n) is 6.39. The molecule has 0 saturated heterocycles. The third kappa shape index (κ3) is 2.74. The van der Waals surface area contributed by atoms with Gasteiger partial charge in [-0.1, -0.05) is 0 Å². The SMILES string of the molecule is CC[As](S)(Cl)(CC)CC. The molecule has 0 fully saturated rings. The van der Waals surface area contributed by atoms with Crippen LogP contribution in [0.3, 0.4) is 0 Å². The van der Waals surface area contributed by atoms with Crippen LogP contribution in [0.2, 0.25) is 15.6 Å². The van der Waals surface area contributed by atoms with E-state index < -0.39 is 10.4 Å². The van der Waals surface area contributed by atoms with Gasteiger partial charge in [0.1, 0.15) is 0 Å². The van der Waals surface area contributed by atoms with Crippen LogP contribution in [-0.2, 0) is 0 Å². The van der Waals surface area contributed by atoms with Crippen LogP contribution in [0.5, 0.6) is 0 Å². The van der Waals surface area contributed by atoms with Crippen molar-refractivity contribution < 1.29 is 0 Å². The Bertz CT molecular complexity index is 84.2.